The number of rotatable bonds is 6. The summed E-state index contributed by atoms with van der Waals surface area (Å²) in [7, 11) is 0. The quantitative estimate of drug-likeness (QED) is 0.299. The van der Waals surface area contributed by atoms with Crippen molar-refractivity contribution in [2.24, 2.45) is 0 Å². The third kappa shape index (κ3) is 4.96. The number of carbonyl (C=O) groups is 2. The third-order valence-electron chi connectivity index (χ3n) is 5.21. The number of hydrogen-bond acceptors (Lipinski definition) is 6. The molecule has 0 bridgehead atoms. The van der Waals surface area contributed by atoms with E-state index < -0.39 is 27.5 Å². The Kier molecular flexibility index (Phi) is 6.28. The number of carbonyl (C=O) groups excluding carboxylic acids is 2. The zero-order chi connectivity index (χ0) is 23.5. The van der Waals surface area contributed by atoms with Crippen LogP contribution < -0.4 is 0 Å². The van der Waals surface area contributed by atoms with Gasteiger partial charge in [-0.15, -0.1) is 0 Å². The molecule has 7 nitrogen and oxygen atoms in total. The minimum Gasteiger partial charge on any atom is -0.502 e. The van der Waals surface area contributed by atoms with Gasteiger partial charge in [-0.3, -0.25) is 24.6 Å². The first-order valence-electron chi connectivity index (χ1n) is 10.2. The molecule has 1 saturated heterocycles. The molecule has 0 aliphatic carbocycles. The van der Waals surface area contributed by atoms with Crippen molar-refractivity contribution < 1.29 is 19.6 Å². The molecule has 0 atom stereocenters. The molecule has 3 aromatic rings. The normalized spacial score (nSPS) is 14.8. The first-order chi connectivity index (χ1) is 15.8. The van der Waals surface area contributed by atoms with Gasteiger partial charge < -0.3 is 5.11 Å². The lowest BCUT2D eigenvalue weighted by atomic mass is 10.0. The van der Waals surface area contributed by atoms with Crippen molar-refractivity contribution in [3.8, 4) is 5.75 Å². The lowest BCUT2D eigenvalue weighted by molar-refractivity contribution is -0.385. The summed E-state index contributed by atoms with van der Waals surface area (Å²) in [6.07, 6.45) is 1.76. The summed E-state index contributed by atoms with van der Waals surface area (Å²) in [5.74, 6) is -1.04. The lowest BCUT2D eigenvalue weighted by Crippen LogP contribution is -2.27. The van der Waals surface area contributed by atoms with Crippen LogP contribution in [0.25, 0.3) is 6.08 Å². The van der Waals surface area contributed by atoms with Gasteiger partial charge in [0.1, 0.15) is 0 Å². The summed E-state index contributed by atoms with van der Waals surface area (Å²) < 4.78 is 0. The fourth-order valence-corrected chi connectivity index (χ4v) is 4.48. The first kappa shape index (κ1) is 22.3. The van der Waals surface area contributed by atoms with Crippen LogP contribution in [0.5, 0.6) is 5.75 Å². The van der Waals surface area contributed by atoms with Gasteiger partial charge in [0.25, 0.3) is 11.1 Å². The Morgan fingerprint density at radius 1 is 1.00 bits per heavy atom. The average molecular weight is 461 g/mol. The highest BCUT2D eigenvalue weighted by Crippen LogP contribution is 2.38. The van der Waals surface area contributed by atoms with Crippen molar-refractivity contribution in [1.29, 1.82) is 0 Å². The number of thioether (sulfide) groups is 1. The van der Waals surface area contributed by atoms with Gasteiger partial charge in [-0.05, 0) is 53.9 Å². The highest BCUT2D eigenvalue weighted by molar-refractivity contribution is 8.18. The number of nitrogens with zero attached hydrogens (tertiary/aromatic N) is 2. The van der Waals surface area contributed by atoms with Crippen molar-refractivity contribution in [3.05, 3.63) is 110 Å². The van der Waals surface area contributed by atoms with E-state index in [0.717, 1.165) is 33.4 Å². The van der Waals surface area contributed by atoms with Crippen molar-refractivity contribution in [3.63, 3.8) is 0 Å². The molecule has 1 heterocycles. The van der Waals surface area contributed by atoms with Crippen LogP contribution in [-0.4, -0.2) is 26.1 Å². The van der Waals surface area contributed by atoms with Crippen LogP contribution in [0.3, 0.4) is 0 Å². The largest absolute Gasteiger partial charge is 0.502 e. The van der Waals surface area contributed by atoms with E-state index in [-0.39, 0.29) is 17.0 Å². The molecule has 2 amide bonds. The number of aryl methyl sites for hydroxylation is 1. The zero-order valence-corrected chi connectivity index (χ0v) is 18.5. The Bertz CT molecular complexity index is 1290. The van der Waals surface area contributed by atoms with Gasteiger partial charge in [-0.1, -0.05) is 60.2 Å². The van der Waals surface area contributed by atoms with Gasteiger partial charge in [0.15, 0.2) is 0 Å². The molecule has 166 valence electrons. The number of amides is 2. The number of nitro benzene ring substituents is 1. The average Bonchev–Trinajstić information content (AvgIpc) is 3.04. The summed E-state index contributed by atoms with van der Waals surface area (Å²) in [5.41, 5.74) is 3.06. The molecule has 0 spiro atoms. The Hall–Kier alpha value is -3.91. The molecule has 3 aromatic carbocycles. The van der Waals surface area contributed by atoms with Gasteiger partial charge in [-0.2, -0.15) is 0 Å². The lowest BCUT2D eigenvalue weighted by Gasteiger charge is -2.12. The summed E-state index contributed by atoms with van der Waals surface area (Å²) in [6.45, 7) is 2.05. The minimum atomic E-state index is -0.662. The smallest absolute Gasteiger partial charge is 0.311 e. The van der Waals surface area contributed by atoms with Gasteiger partial charge in [-0.25, -0.2) is 0 Å². The van der Waals surface area contributed by atoms with E-state index in [4.69, 9.17) is 0 Å². The zero-order valence-electron chi connectivity index (χ0n) is 17.7. The van der Waals surface area contributed by atoms with Crippen LogP contribution in [0.4, 0.5) is 10.5 Å². The van der Waals surface area contributed by atoms with Crippen LogP contribution >= 0.6 is 11.8 Å². The number of nitro groups is 1. The Balaban J connectivity index is 1.66. The Labute approximate surface area is 194 Å². The van der Waals surface area contributed by atoms with Crippen LogP contribution in [-0.2, 0) is 17.8 Å². The Morgan fingerprint density at radius 2 is 1.73 bits per heavy atom. The fraction of sp³-hybridized carbons (Fsp3) is 0.120. The van der Waals surface area contributed by atoms with E-state index in [1.54, 1.807) is 6.07 Å². The molecule has 8 heteroatoms. The van der Waals surface area contributed by atoms with Gasteiger partial charge in [0.05, 0.1) is 16.4 Å². The number of aromatic hydroxyl groups is 1. The number of benzene rings is 3. The molecule has 0 unspecified atom stereocenters. The topological polar surface area (TPSA) is 101 Å². The molecular formula is C25H20N2O5S. The molecule has 4 rings (SSSR count). The molecule has 0 radical (unpaired) electrons. The van der Waals surface area contributed by atoms with E-state index in [0.29, 0.717) is 12.0 Å². The van der Waals surface area contributed by atoms with E-state index in [1.807, 2.05) is 61.5 Å². The van der Waals surface area contributed by atoms with Crippen LogP contribution in [0.15, 0.2) is 71.6 Å². The monoisotopic (exact) mass is 460 g/mol. The van der Waals surface area contributed by atoms with Gasteiger partial charge in [0.2, 0.25) is 5.75 Å². The van der Waals surface area contributed by atoms with E-state index in [9.17, 15) is 24.8 Å². The number of hydrogen-bond donors (Lipinski definition) is 1. The predicted octanol–water partition coefficient (Wildman–Crippen LogP) is 5.44. The fourth-order valence-electron chi connectivity index (χ4n) is 3.66. The standard InChI is InChI=1S/C25H20N2O5S/c1-16-6-5-9-18(10-16)15-26-24(29)22(33-25(26)30)14-20-12-19(11-17-7-3-2-4-8-17)13-21(23(20)28)27(31)32/h2-10,12-14,28H,11,15H2,1H3/b22-14-. The first-order valence-corrected chi connectivity index (χ1v) is 11.0. The maximum Gasteiger partial charge on any atom is 0.311 e. The minimum absolute atomic E-state index is 0.106. The van der Waals surface area contributed by atoms with Crippen molar-refractivity contribution in [2.45, 2.75) is 19.9 Å². The van der Waals surface area contributed by atoms with Crippen molar-refractivity contribution in [1.82, 2.24) is 4.90 Å². The second-order valence-electron chi connectivity index (χ2n) is 7.73. The van der Waals surface area contributed by atoms with Crippen LogP contribution in [0, 0.1) is 17.0 Å². The molecule has 33 heavy (non-hydrogen) atoms. The second kappa shape index (κ2) is 9.30. The maximum atomic E-state index is 12.9. The summed E-state index contributed by atoms with van der Waals surface area (Å²) in [5, 5.41) is 21.6. The molecule has 0 aromatic heterocycles. The van der Waals surface area contributed by atoms with Gasteiger partial charge >= 0.3 is 5.69 Å². The van der Waals surface area contributed by atoms with E-state index in [2.05, 4.69) is 0 Å². The molecule has 1 N–H and O–H groups in total. The van der Waals surface area contributed by atoms with E-state index in [1.165, 1.54) is 12.1 Å². The maximum absolute atomic E-state index is 12.9. The van der Waals surface area contributed by atoms with Crippen molar-refractivity contribution in [2.75, 3.05) is 0 Å². The van der Waals surface area contributed by atoms with Gasteiger partial charge in [0, 0.05) is 11.6 Å². The van der Waals surface area contributed by atoms with Crippen LogP contribution in [0.2, 0.25) is 0 Å². The molecule has 0 saturated carbocycles. The second-order valence-corrected chi connectivity index (χ2v) is 8.72. The SMILES string of the molecule is Cc1cccc(CN2C(=O)S/C(=C\c3cc(Cc4ccccc4)cc([N+](=O)[O-])c3O)C2=O)c1. The number of phenolic OH excluding ortho intramolecular Hbond substituents is 1. The third-order valence-corrected chi connectivity index (χ3v) is 6.12. The summed E-state index contributed by atoms with van der Waals surface area (Å²) >= 11 is 0.750. The Morgan fingerprint density at radius 3 is 2.42 bits per heavy atom. The number of phenols is 1. The van der Waals surface area contributed by atoms with Crippen LogP contribution in [0.1, 0.15) is 27.8 Å². The molecule has 1 aliphatic rings. The summed E-state index contributed by atoms with van der Waals surface area (Å²) in [4.78, 5) is 37.5. The molecule has 1 aliphatic heterocycles. The number of imide groups is 1. The van der Waals surface area contributed by atoms with Crippen molar-refractivity contribution >= 4 is 34.7 Å². The van der Waals surface area contributed by atoms with E-state index >= 15 is 0 Å². The predicted molar refractivity (Wildman–Crippen MR) is 127 cm³/mol. The highest BCUT2D eigenvalue weighted by atomic mass is 32.2. The molecule has 1 fully saturated rings. The summed E-state index contributed by atoms with van der Waals surface area (Å²) in [6, 6.07) is 19.9. The highest BCUT2D eigenvalue weighted by Gasteiger charge is 2.35. The molecular weight excluding hydrogens is 440 g/mol.